The highest BCUT2D eigenvalue weighted by Gasteiger charge is 2.13. The van der Waals surface area contributed by atoms with Crippen LogP contribution in [0.1, 0.15) is 12.5 Å². The van der Waals surface area contributed by atoms with E-state index >= 15 is 0 Å². The molecule has 0 radical (unpaired) electrons. The van der Waals surface area contributed by atoms with Crippen molar-refractivity contribution in [3.05, 3.63) is 22.2 Å². The molecule has 4 N–H and O–H groups in total. The van der Waals surface area contributed by atoms with Crippen molar-refractivity contribution in [1.82, 2.24) is 9.71 Å². The third-order valence-corrected chi connectivity index (χ3v) is 1.97. The van der Waals surface area contributed by atoms with Crippen molar-refractivity contribution in [1.29, 1.82) is 0 Å². The lowest BCUT2D eigenvalue weighted by atomic mass is 10.3. The van der Waals surface area contributed by atoms with Gasteiger partial charge in [-0.3, -0.25) is 0 Å². The van der Waals surface area contributed by atoms with E-state index in [-0.39, 0.29) is 11.4 Å². The zero-order valence-corrected chi connectivity index (χ0v) is 9.83. The van der Waals surface area contributed by atoms with E-state index in [1.807, 2.05) is 0 Å². The predicted octanol–water partition coefficient (Wildman–Crippen LogP) is -1.17. The van der Waals surface area contributed by atoms with Crippen LogP contribution in [0.2, 0.25) is 0 Å². The second-order valence-corrected chi connectivity index (χ2v) is 5.17. The first-order valence-corrected chi connectivity index (χ1v) is 6.53. The molecule has 0 spiro atoms. The van der Waals surface area contributed by atoms with Crippen LogP contribution in [-0.2, 0) is 11.8 Å². The van der Waals surface area contributed by atoms with Crippen LogP contribution in [0, 0.1) is 11.8 Å². The largest absolute Gasteiger partial charge is 0.395 e. The van der Waals surface area contributed by atoms with Crippen LogP contribution in [0.5, 0.6) is 0 Å². The second-order valence-electron chi connectivity index (χ2n) is 2.60. The lowest BCUT2D eigenvalue weighted by Crippen LogP contribution is -2.28. The summed E-state index contributed by atoms with van der Waals surface area (Å²) in [5.74, 6) is 5.05. The Kier molecular flexibility index (Phi) is 3.67. The molecule has 1 aromatic rings. The first-order valence-electron chi connectivity index (χ1n) is 3.91. The molecule has 1 heterocycles. The molecule has 0 amide bonds. The zero-order chi connectivity index (χ0) is 12.3. The van der Waals surface area contributed by atoms with Crippen molar-refractivity contribution in [2.24, 2.45) is 0 Å². The summed E-state index contributed by atoms with van der Waals surface area (Å²) in [6.07, 6.45) is 1.09. The summed E-state index contributed by atoms with van der Waals surface area (Å²) in [7, 11) is 0. The van der Waals surface area contributed by atoms with Crippen LogP contribution < -0.4 is 16.0 Å². The van der Waals surface area contributed by atoms with E-state index in [1.165, 1.54) is 0 Å². The number of hydrogen-bond donors (Lipinski definition) is 3. The van der Waals surface area contributed by atoms with E-state index in [2.05, 4.69) is 33.3 Å². The number of nitrogens with two attached hydrogens (primary N) is 1. The summed E-state index contributed by atoms with van der Waals surface area (Å²) in [5.41, 5.74) is 4.74. The molecule has 0 fully saturated rings. The van der Waals surface area contributed by atoms with Gasteiger partial charge in [0.05, 0.1) is 11.8 Å². The van der Waals surface area contributed by atoms with Gasteiger partial charge in [0.15, 0.2) is 0 Å². The maximum absolute atomic E-state index is 11.2. The zero-order valence-electron chi connectivity index (χ0n) is 8.12. The number of nitrogens with zero attached hydrogens (tertiary/aromatic N) is 2. The van der Waals surface area contributed by atoms with Gasteiger partial charge < -0.3 is 20.1 Å². The molecule has 0 aliphatic heterocycles. The van der Waals surface area contributed by atoms with E-state index in [9.17, 15) is 4.79 Å². The average molecular weight is 261 g/mol. The topological polar surface area (TPSA) is 111 Å². The van der Waals surface area contributed by atoms with E-state index < -0.39 is 12.4 Å². The monoisotopic (exact) mass is 261 g/mol. The van der Waals surface area contributed by atoms with Crippen molar-refractivity contribution >= 4 is 24.3 Å². The number of rotatable bonds is 2. The molecule has 0 aliphatic carbocycles. The van der Waals surface area contributed by atoms with Crippen LogP contribution in [-0.4, -0.2) is 19.5 Å². The number of hydrogen-bond acceptors (Lipinski definition) is 5. The molecule has 86 valence electrons. The van der Waals surface area contributed by atoms with Gasteiger partial charge in [0.1, 0.15) is 5.82 Å². The van der Waals surface area contributed by atoms with Crippen LogP contribution in [0.25, 0.3) is 0 Å². The van der Waals surface area contributed by atoms with Gasteiger partial charge in [-0.1, -0.05) is 5.92 Å². The Morgan fingerprint density at radius 2 is 2.31 bits per heavy atom. The lowest BCUT2D eigenvalue weighted by molar-refractivity contribution is 0.211. The maximum atomic E-state index is 11.2. The predicted molar refractivity (Wildman–Crippen MR) is 60.8 cm³/mol. The molecule has 9 heteroatoms. The maximum Gasteiger partial charge on any atom is 0.395 e. The summed E-state index contributed by atoms with van der Waals surface area (Å²) in [4.78, 5) is 32.4. The summed E-state index contributed by atoms with van der Waals surface area (Å²) >= 11 is 4.21. The highest BCUT2D eigenvalue weighted by atomic mass is 32.5. The normalized spacial score (nSPS) is 10.4. The SMILES string of the molecule is CC#Cc1cn(OP(O)(O)=S)c(=O)nc1N. The van der Waals surface area contributed by atoms with Crippen molar-refractivity contribution in [3.63, 3.8) is 0 Å². The average Bonchev–Trinajstić information content (AvgIpc) is 2.11. The van der Waals surface area contributed by atoms with Crippen LogP contribution in [0.15, 0.2) is 11.0 Å². The Morgan fingerprint density at radius 3 is 2.81 bits per heavy atom. The fourth-order valence-electron chi connectivity index (χ4n) is 0.855. The Bertz CT molecular complexity index is 567. The lowest BCUT2D eigenvalue weighted by Gasteiger charge is -2.11. The molecule has 7 nitrogen and oxygen atoms in total. The quantitative estimate of drug-likeness (QED) is 0.454. The molecular formula is C7H8N3O4PS. The van der Waals surface area contributed by atoms with Gasteiger partial charge in [-0.2, -0.15) is 4.98 Å². The summed E-state index contributed by atoms with van der Waals surface area (Å²) < 4.78 is 4.93. The van der Waals surface area contributed by atoms with Crippen molar-refractivity contribution < 1.29 is 14.4 Å². The molecule has 0 bridgehead atoms. The number of nitrogen functional groups attached to an aromatic ring is 1. The number of anilines is 1. The Hall–Kier alpha value is -1.39. The molecule has 0 saturated carbocycles. The fourth-order valence-corrected chi connectivity index (χ4v) is 1.42. The summed E-state index contributed by atoms with van der Waals surface area (Å²) in [6.45, 7) is -2.43. The summed E-state index contributed by atoms with van der Waals surface area (Å²) in [6, 6.07) is 0. The van der Waals surface area contributed by atoms with Crippen molar-refractivity contribution in [2.45, 2.75) is 6.92 Å². The third-order valence-electron chi connectivity index (χ3n) is 1.38. The van der Waals surface area contributed by atoms with Gasteiger partial charge in [0, 0.05) is 11.8 Å². The molecule has 0 aromatic carbocycles. The molecular weight excluding hydrogens is 253 g/mol. The first kappa shape index (κ1) is 12.7. The standard InChI is InChI=1S/C7H8N3O4PS/c1-2-3-5-4-10(14-15(12,13)16)7(11)9-6(5)8/h4H,1H3,(H2,8,9,11)(H2,12,13,16). The minimum Gasteiger partial charge on any atom is -0.382 e. The van der Waals surface area contributed by atoms with E-state index in [0.29, 0.717) is 4.73 Å². The molecule has 0 unspecified atom stereocenters. The van der Waals surface area contributed by atoms with Gasteiger partial charge in [-0.15, -0.1) is 10.7 Å². The third kappa shape index (κ3) is 3.32. The van der Waals surface area contributed by atoms with E-state index in [1.54, 1.807) is 6.92 Å². The van der Waals surface area contributed by atoms with Crippen LogP contribution >= 0.6 is 6.72 Å². The molecule has 1 rings (SSSR count). The van der Waals surface area contributed by atoms with Gasteiger partial charge in [0.25, 0.3) is 0 Å². The van der Waals surface area contributed by atoms with Gasteiger partial charge in [-0.05, 0) is 6.92 Å². The molecule has 0 atom stereocenters. The van der Waals surface area contributed by atoms with Crippen molar-refractivity contribution in [2.75, 3.05) is 5.73 Å². The number of aromatic nitrogens is 2. The minimum absolute atomic E-state index is 0.0663. The molecule has 0 saturated heterocycles. The van der Waals surface area contributed by atoms with Gasteiger partial charge >= 0.3 is 12.4 Å². The molecule has 0 aliphatic rings. The first-order chi connectivity index (χ1) is 7.33. The van der Waals surface area contributed by atoms with Crippen molar-refractivity contribution in [3.8, 4) is 11.8 Å². The smallest absolute Gasteiger partial charge is 0.382 e. The second kappa shape index (κ2) is 4.63. The minimum atomic E-state index is -4.00. The summed E-state index contributed by atoms with van der Waals surface area (Å²) in [5, 5.41) is 0. The van der Waals surface area contributed by atoms with E-state index in [4.69, 9.17) is 15.5 Å². The highest BCUT2D eigenvalue weighted by molar-refractivity contribution is 8.06. The van der Waals surface area contributed by atoms with Crippen LogP contribution in [0.3, 0.4) is 0 Å². The highest BCUT2D eigenvalue weighted by Crippen LogP contribution is 2.31. The van der Waals surface area contributed by atoms with Crippen LogP contribution in [0.4, 0.5) is 5.82 Å². The Labute approximate surface area is 95.7 Å². The van der Waals surface area contributed by atoms with E-state index in [0.717, 1.165) is 6.20 Å². The molecule has 1 aromatic heterocycles. The Morgan fingerprint density at radius 1 is 1.69 bits per heavy atom. The van der Waals surface area contributed by atoms with Gasteiger partial charge in [-0.25, -0.2) is 4.79 Å². The van der Waals surface area contributed by atoms with Gasteiger partial charge in [0.2, 0.25) is 0 Å². The fraction of sp³-hybridized carbons (Fsp3) is 0.143. The Balaban J connectivity index is 3.29. The molecule has 16 heavy (non-hydrogen) atoms.